The van der Waals surface area contributed by atoms with Crippen LogP contribution in [0.3, 0.4) is 0 Å². The van der Waals surface area contributed by atoms with Crippen LogP contribution < -0.4 is 0 Å². The third-order valence-corrected chi connectivity index (χ3v) is 4.56. The second-order valence-corrected chi connectivity index (χ2v) is 6.09. The molecule has 2 aromatic heterocycles. The summed E-state index contributed by atoms with van der Waals surface area (Å²) in [7, 11) is 0. The van der Waals surface area contributed by atoms with Gasteiger partial charge in [0.2, 0.25) is 0 Å². The largest absolute Gasteiger partial charge is 0.360 e. The van der Waals surface area contributed by atoms with E-state index in [1.807, 2.05) is 6.92 Å². The Balaban J connectivity index is 2.03. The highest BCUT2D eigenvalue weighted by Crippen LogP contribution is 2.34. The van der Waals surface area contributed by atoms with Gasteiger partial charge in [-0.1, -0.05) is 0 Å². The fourth-order valence-corrected chi connectivity index (χ4v) is 3.71. The van der Waals surface area contributed by atoms with Crippen LogP contribution in [0.25, 0.3) is 10.2 Å². The van der Waals surface area contributed by atoms with Crippen molar-refractivity contribution in [3.05, 3.63) is 22.7 Å². The Bertz CT molecular complexity index is 636. The topological polar surface area (TPSA) is 28.5 Å². The Morgan fingerprint density at radius 1 is 1.32 bits per heavy atom. The van der Waals surface area contributed by atoms with Gasteiger partial charge in [-0.15, -0.1) is 11.3 Å². The third-order valence-electron chi connectivity index (χ3n) is 3.70. The molecule has 0 unspecified atom stereocenters. The average Bonchev–Trinajstić information content (AvgIpc) is 2.98. The van der Waals surface area contributed by atoms with E-state index in [0.29, 0.717) is 0 Å². The summed E-state index contributed by atoms with van der Waals surface area (Å²) in [5.74, 6) is 1.14. The van der Waals surface area contributed by atoms with Crippen LogP contribution in [0.4, 0.5) is 5.69 Å². The standard InChI is InChI=1S/C15H19N3S/c1-10-8-11(2)16-15-14(10)13(9-19-15)17-12(3)18-6-4-5-7-18/h8-9H,4-7H2,1-3H3. The molecule has 0 atom stereocenters. The average molecular weight is 273 g/mol. The smallest absolute Gasteiger partial charge is 0.126 e. The normalized spacial score (nSPS) is 16.6. The van der Waals surface area contributed by atoms with E-state index in [9.17, 15) is 0 Å². The molecular formula is C15H19N3S. The molecule has 2 aromatic rings. The molecule has 1 fully saturated rings. The van der Waals surface area contributed by atoms with Crippen LogP contribution in [0.5, 0.6) is 0 Å². The first-order valence-corrected chi connectivity index (χ1v) is 7.69. The maximum Gasteiger partial charge on any atom is 0.126 e. The predicted octanol–water partition coefficient (Wildman–Crippen LogP) is 4.06. The minimum absolute atomic E-state index is 1.08. The minimum Gasteiger partial charge on any atom is -0.360 e. The van der Waals surface area contributed by atoms with E-state index in [-0.39, 0.29) is 0 Å². The second-order valence-electron chi connectivity index (χ2n) is 5.23. The lowest BCUT2D eigenvalue weighted by atomic mass is 10.1. The number of fused-ring (bicyclic) bond motifs is 1. The number of amidine groups is 1. The third kappa shape index (κ3) is 2.37. The number of pyridine rings is 1. The maximum absolute atomic E-state index is 4.83. The first-order chi connectivity index (χ1) is 9.15. The molecule has 0 N–H and O–H groups in total. The number of hydrogen-bond donors (Lipinski definition) is 0. The molecule has 1 saturated heterocycles. The number of likely N-dealkylation sites (tertiary alicyclic amines) is 1. The highest BCUT2D eigenvalue weighted by molar-refractivity contribution is 7.17. The van der Waals surface area contributed by atoms with Gasteiger partial charge in [0.05, 0.1) is 5.69 Å². The molecule has 1 aliphatic rings. The highest BCUT2D eigenvalue weighted by atomic mass is 32.1. The van der Waals surface area contributed by atoms with Gasteiger partial charge in [-0.05, 0) is 45.2 Å². The molecule has 3 heterocycles. The number of thiophene rings is 1. The number of rotatable bonds is 1. The van der Waals surface area contributed by atoms with Crippen molar-refractivity contribution >= 4 is 33.1 Å². The summed E-state index contributed by atoms with van der Waals surface area (Å²) in [6, 6.07) is 2.14. The fraction of sp³-hybridized carbons (Fsp3) is 0.467. The van der Waals surface area contributed by atoms with Crippen molar-refractivity contribution in [1.29, 1.82) is 0 Å². The molecule has 19 heavy (non-hydrogen) atoms. The summed E-state index contributed by atoms with van der Waals surface area (Å²) in [6.07, 6.45) is 2.58. The Hall–Kier alpha value is -1.42. The van der Waals surface area contributed by atoms with Gasteiger partial charge in [-0.25, -0.2) is 9.98 Å². The van der Waals surface area contributed by atoms with Crippen molar-refractivity contribution in [3.63, 3.8) is 0 Å². The van der Waals surface area contributed by atoms with Crippen LogP contribution in [0, 0.1) is 13.8 Å². The van der Waals surface area contributed by atoms with E-state index in [4.69, 9.17) is 4.99 Å². The summed E-state index contributed by atoms with van der Waals surface area (Å²) in [5.41, 5.74) is 3.43. The monoisotopic (exact) mass is 273 g/mol. The molecule has 0 aromatic carbocycles. The lowest BCUT2D eigenvalue weighted by molar-refractivity contribution is 0.516. The molecule has 0 spiro atoms. The van der Waals surface area contributed by atoms with E-state index >= 15 is 0 Å². The van der Waals surface area contributed by atoms with Gasteiger partial charge < -0.3 is 4.90 Å². The zero-order valence-electron chi connectivity index (χ0n) is 11.7. The maximum atomic E-state index is 4.83. The molecule has 0 saturated carbocycles. The van der Waals surface area contributed by atoms with Crippen molar-refractivity contribution in [2.24, 2.45) is 4.99 Å². The van der Waals surface area contributed by atoms with Crippen molar-refractivity contribution in [2.45, 2.75) is 33.6 Å². The van der Waals surface area contributed by atoms with Gasteiger partial charge in [0.15, 0.2) is 0 Å². The Kier molecular flexibility index (Phi) is 3.27. The molecule has 0 bridgehead atoms. The zero-order valence-corrected chi connectivity index (χ0v) is 12.5. The summed E-state index contributed by atoms with van der Waals surface area (Å²) < 4.78 is 0. The molecule has 0 aliphatic carbocycles. The van der Waals surface area contributed by atoms with Crippen LogP contribution in [0.1, 0.15) is 31.0 Å². The lowest BCUT2D eigenvalue weighted by Gasteiger charge is -2.16. The Morgan fingerprint density at radius 2 is 2.05 bits per heavy atom. The van der Waals surface area contributed by atoms with Crippen LogP contribution in [0.15, 0.2) is 16.4 Å². The number of hydrogen-bond acceptors (Lipinski definition) is 3. The second kappa shape index (κ2) is 4.93. The Morgan fingerprint density at radius 3 is 2.79 bits per heavy atom. The molecule has 3 rings (SSSR count). The van der Waals surface area contributed by atoms with Gasteiger partial charge in [0, 0.05) is 29.5 Å². The molecular weight excluding hydrogens is 254 g/mol. The summed E-state index contributed by atoms with van der Waals surface area (Å²) in [6.45, 7) is 8.60. The van der Waals surface area contributed by atoms with Gasteiger partial charge in [-0.2, -0.15) is 0 Å². The van der Waals surface area contributed by atoms with Gasteiger partial charge in [0.25, 0.3) is 0 Å². The van der Waals surface area contributed by atoms with Crippen LogP contribution in [-0.2, 0) is 0 Å². The molecule has 0 amide bonds. The van der Waals surface area contributed by atoms with E-state index < -0.39 is 0 Å². The number of nitrogens with zero attached hydrogens (tertiary/aromatic N) is 3. The molecule has 100 valence electrons. The summed E-state index contributed by atoms with van der Waals surface area (Å²) in [5, 5.41) is 3.35. The lowest BCUT2D eigenvalue weighted by Crippen LogP contribution is -2.24. The molecule has 1 aliphatic heterocycles. The highest BCUT2D eigenvalue weighted by Gasteiger charge is 2.14. The van der Waals surface area contributed by atoms with Gasteiger partial charge in [-0.3, -0.25) is 0 Å². The van der Waals surface area contributed by atoms with Gasteiger partial charge >= 0.3 is 0 Å². The molecule has 3 nitrogen and oxygen atoms in total. The first kappa shape index (κ1) is 12.6. The van der Waals surface area contributed by atoms with Crippen molar-refractivity contribution in [3.8, 4) is 0 Å². The van der Waals surface area contributed by atoms with Crippen LogP contribution in [-0.4, -0.2) is 28.8 Å². The fourth-order valence-electron chi connectivity index (χ4n) is 2.74. The van der Waals surface area contributed by atoms with Crippen molar-refractivity contribution in [2.75, 3.05) is 13.1 Å². The van der Waals surface area contributed by atoms with Crippen molar-refractivity contribution in [1.82, 2.24) is 9.88 Å². The first-order valence-electron chi connectivity index (χ1n) is 6.81. The van der Waals surface area contributed by atoms with Crippen LogP contribution >= 0.6 is 11.3 Å². The number of aromatic nitrogens is 1. The number of aliphatic imine (C=N–C) groups is 1. The minimum atomic E-state index is 1.08. The molecule has 0 radical (unpaired) electrons. The van der Waals surface area contributed by atoms with Gasteiger partial charge in [0.1, 0.15) is 10.7 Å². The van der Waals surface area contributed by atoms with E-state index in [2.05, 4.69) is 35.2 Å². The van der Waals surface area contributed by atoms with Crippen molar-refractivity contribution < 1.29 is 0 Å². The van der Waals surface area contributed by atoms with Crippen LogP contribution in [0.2, 0.25) is 0 Å². The summed E-state index contributed by atoms with van der Waals surface area (Å²) >= 11 is 1.69. The Labute approximate surface area is 118 Å². The quantitative estimate of drug-likeness (QED) is 0.579. The summed E-state index contributed by atoms with van der Waals surface area (Å²) in [4.78, 5) is 12.9. The predicted molar refractivity (Wildman–Crippen MR) is 82.7 cm³/mol. The zero-order chi connectivity index (χ0) is 13.4. The van der Waals surface area contributed by atoms with E-state index in [1.54, 1.807) is 11.3 Å². The van der Waals surface area contributed by atoms with E-state index in [0.717, 1.165) is 35.1 Å². The molecule has 4 heteroatoms. The SMILES string of the molecule is CC(=Nc1csc2nc(C)cc(C)c12)N1CCCC1. The van der Waals surface area contributed by atoms with E-state index in [1.165, 1.54) is 23.8 Å². The number of aryl methyl sites for hydroxylation is 2.